The molecule has 0 amide bonds. The van der Waals surface area contributed by atoms with E-state index >= 15 is 0 Å². The summed E-state index contributed by atoms with van der Waals surface area (Å²) in [6.45, 7) is 2.28. The molecule has 3 rings (SSSR count). The summed E-state index contributed by atoms with van der Waals surface area (Å²) < 4.78 is 0. The highest BCUT2D eigenvalue weighted by molar-refractivity contribution is 5.83. The molecule has 3 heteroatoms. The van der Waals surface area contributed by atoms with Crippen molar-refractivity contribution in [2.45, 2.75) is 13.0 Å². The molecule has 0 saturated carbocycles. The van der Waals surface area contributed by atoms with Gasteiger partial charge in [-0.05, 0) is 11.6 Å². The van der Waals surface area contributed by atoms with Crippen molar-refractivity contribution in [3.8, 4) is 0 Å². The number of carbonyl (C=O) groups is 1. The largest absolute Gasteiger partial charge is 0.298 e. The first-order chi connectivity index (χ1) is 8.33. The summed E-state index contributed by atoms with van der Waals surface area (Å²) in [4.78, 5) is 17.9. The fourth-order valence-electron chi connectivity index (χ4n) is 2.36. The minimum Gasteiger partial charge on any atom is -0.298 e. The molecule has 0 N–H and O–H groups in total. The second kappa shape index (κ2) is 4.26. The second-order valence-electron chi connectivity index (χ2n) is 4.49. The third-order valence-corrected chi connectivity index (χ3v) is 3.22. The van der Waals surface area contributed by atoms with Gasteiger partial charge in [-0.15, -0.1) is 0 Å². The van der Waals surface area contributed by atoms with Crippen LogP contribution in [0.3, 0.4) is 0 Å². The van der Waals surface area contributed by atoms with Gasteiger partial charge in [0.1, 0.15) is 5.78 Å². The van der Waals surface area contributed by atoms with Crippen molar-refractivity contribution in [3.63, 3.8) is 0 Å². The predicted molar refractivity (Wildman–Crippen MR) is 66.6 cm³/mol. The van der Waals surface area contributed by atoms with Crippen molar-refractivity contribution in [3.05, 3.63) is 42.1 Å². The molecule has 0 spiro atoms. The Kier molecular flexibility index (Phi) is 2.61. The molecule has 0 bridgehead atoms. The van der Waals surface area contributed by atoms with E-state index in [1.807, 2.05) is 12.3 Å². The van der Waals surface area contributed by atoms with E-state index in [9.17, 15) is 4.79 Å². The van der Waals surface area contributed by atoms with E-state index in [-0.39, 0.29) is 0 Å². The van der Waals surface area contributed by atoms with Gasteiger partial charge in [0.15, 0.2) is 0 Å². The minimum absolute atomic E-state index is 0.346. The van der Waals surface area contributed by atoms with Gasteiger partial charge < -0.3 is 0 Å². The van der Waals surface area contributed by atoms with Crippen molar-refractivity contribution >= 4 is 16.7 Å². The average molecular weight is 226 g/mol. The van der Waals surface area contributed by atoms with Crippen molar-refractivity contribution < 1.29 is 4.79 Å². The molecule has 2 aromatic rings. The Balaban J connectivity index is 1.92. The first-order valence-electron chi connectivity index (χ1n) is 5.89. The Labute approximate surface area is 100 Å². The number of ketones is 1. The third kappa shape index (κ3) is 2.06. The number of fused-ring (bicyclic) bond motifs is 1. The van der Waals surface area contributed by atoms with Gasteiger partial charge >= 0.3 is 0 Å². The second-order valence-corrected chi connectivity index (χ2v) is 4.49. The molecule has 1 aromatic carbocycles. The quantitative estimate of drug-likeness (QED) is 0.785. The highest BCUT2D eigenvalue weighted by atomic mass is 16.1. The zero-order chi connectivity index (χ0) is 11.7. The first kappa shape index (κ1) is 10.4. The topological polar surface area (TPSA) is 33.2 Å². The highest BCUT2D eigenvalue weighted by Crippen LogP contribution is 2.19. The number of hydrogen-bond acceptors (Lipinski definition) is 3. The van der Waals surface area contributed by atoms with Crippen LogP contribution in [0.25, 0.3) is 10.9 Å². The lowest BCUT2D eigenvalue weighted by molar-refractivity contribution is -0.116. The van der Waals surface area contributed by atoms with Gasteiger partial charge in [-0.3, -0.25) is 14.7 Å². The highest BCUT2D eigenvalue weighted by Gasteiger charge is 2.19. The van der Waals surface area contributed by atoms with Crippen LogP contribution in [0.15, 0.2) is 36.5 Å². The van der Waals surface area contributed by atoms with Gasteiger partial charge in [-0.1, -0.05) is 24.3 Å². The fourth-order valence-corrected chi connectivity index (χ4v) is 2.36. The molecule has 1 fully saturated rings. The lowest BCUT2D eigenvalue weighted by atomic mass is 10.1. The van der Waals surface area contributed by atoms with Gasteiger partial charge in [0.05, 0.1) is 12.1 Å². The van der Waals surface area contributed by atoms with Crippen LogP contribution in [0.5, 0.6) is 0 Å². The van der Waals surface area contributed by atoms with Gasteiger partial charge in [-0.2, -0.15) is 0 Å². The van der Waals surface area contributed by atoms with Crippen molar-refractivity contribution in [1.29, 1.82) is 0 Å². The number of pyridine rings is 1. The van der Waals surface area contributed by atoms with E-state index in [2.05, 4.69) is 34.1 Å². The first-order valence-corrected chi connectivity index (χ1v) is 5.89. The number of Topliss-reactive ketones (excluding diaryl/α,β-unsaturated/α-hetero) is 1. The van der Waals surface area contributed by atoms with Gasteiger partial charge in [0, 0.05) is 31.1 Å². The standard InChI is InChI=1S/C14H14N2O/c17-13-6-8-16(10-13)9-12-4-1-3-11-5-2-7-15-14(11)12/h1-5,7H,6,8-10H2. The Morgan fingerprint density at radius 2 is 2.12 bits per heavy atom. The maximum atomic E-state index is 11.2. The minimum atomic E-state index is 0.346. The van der Waals surface area contributed by atoms with Gasteiger partial charge in [-0.25, -0.2) is 0 Å². The molecule has 0 radical (unpaired) electrons. The Morgan fingerprint density at radius 3 is 2.94 bits per heavy atom. The monoisotopic (exact) mass is 226 g/mol. The van der Waals surface area contributed by atoms with E-state index < -0.39 is 0 Å². The average Bonchev–Trinajstić information content (AvgIpc) is 2.75. The van der Waals surface area contributed by atoms with Crippen LogP contribution in [0.1, 0.15) is 12.0 Å². The maximum absolute atomic E-state index is 11.2. The zero-order valence-electron chi connectivity index (χ0n) is 9.60. The van der Waals surface area contributed by atoms with Crippen LogP contribution in [0, 0.1) is 0 Å². The lowest BCUT2D eigenvalue weighted by Gasteiger charge is -2.14. The lowest BCUT2D eigenvalue weighted by Crippen LogP contribution is -2.20. The van der Waals surface area contributed by atoms with Crippen molar-refractivity contribution in [1.82, 2.24) is 9.88 Å². The van der Waals surface area contributed by atoms with E-state index in [4.69, 9.17) is 0 Å². The maximum Gasteiger partial charge on any atom is 0.148 e. The molecule has 2 heterocycles. The van der Waals surface area contributed by atoms with Gasteiger partial charge in [0.2, 0.25) is 0 Å². The Hall–Kier alpha value is -1.74. The predicted octanol–water partition coefficient (Wildman–Crippen LogP) is 2.01. The number of nitrogens with zero attached hydrogens (tertiary/aromatic N) is 2. The van der Waals surface area contributed by atoms with E-state index in [1.165, 1.54) is 5.56 Å². The van der Waals surface area contributed by atoms with E-state index in [0.29, 0.717) is 18.7 Å². The summed E-state index contributed by atoms with van der Waals surface area (Å²) in [6.07, 6.45) is 2.51. The summed E-state index contributed by atoms with van der Waals surface area (Å²) in [5.41, 5.74) is 2.26. The molecule has 0 aliphatic carbocycles. The SMILES string of the molecule is O=C1CCN(Cc2cccc3cccnc23)C1. The summed E-state index contributed by atoms with van der Waals surface area (Å²) in [5.74, 6) is 0.346. The summed E-state index contributed by atoms with van der Waals surface area (Å²) in [7, 11) is 0. The third-order valence-electron chi connectivity index (χ3n) is 3.22. The smallest absolute Gasteiger partial charge is 0.148 e. The van der Waals surface area contributed by atoms with E-state index in [1.54, 1.807) is 0 Å². The van der Waals surface area contributed by atoms with Crippen LogP contribution < -0.4 is 0 Å². The molecule has 1 aliphatic heterocycles. The number of benzene rings is 1. The molecular formula is C14H14N2O. The molecular weight excluding hydrogens is 212 g/mol. The van der Waals surface area contributed by atoms with Crippen LogP contribution in [-0.4, -0.2) is 28.8 Å². The molecule has 86 valence electrons. The molecule has 1 aliphatic rings. The number of carbonyl (C=O) groups excluding carboxylic acids is 1. The zero-order valence-corrected chi connectivity index (χ0v) is 9.60. The molecule has 0 atom stereocenters. The Bertz CT molecular complexity index is 560. The normalized spacial score (nSPS) is 16.8. The number of hydrogen-bond donors (Lipinski definition) is 0. The molecule has 17 heavy (non-hydrogen) atoms. The van der Waals surface area contributed by atoms with Crippen LogP contribution >= 0.6 is 0 Å². The number of rotatable bonds is 2. The van der Waals surface area contributed by atoms with Crippen LogP contribution in [0.4, 0.5) is 0 Å². The molecule has 3 nitrogen and oxygen atoms in total. The summed E-state index contributed by atoms with van der Waals surface area (Å²) >= 11 is 0. The Morgan fingerprint density at radius 1 is 1.24 bits per heavy atom. The van der Waals surface area contributed by atoms with Crippen molar-refractivity contribution in [2.75, 3.05) is 13.1 Å². The molecule has 1 aromatic heterocycles. The summed E-state index contributed by atoms with van der Waals surface area (Å²) in [6, 6.07) is 10.2. The number of likely N-dealkylation sites (tertiary alicyclic amines) is 1. The van der Waals surface area contributed by atoms with Gasteiger partial charge in [0.25, 0.3) is 0 Å². The van der Waals surface area contributed by atoms with E-state index in [0.717, 1.165) is 24.0 Å². The van der Waals surface area contributed by atoms with Crippen molar-refractivity contribution in [2.24, 2.45) is 0 Å². The fraction of sp³-hybridized carbons (Fsp3) is 0.286. The number of aromatic nitrogens is 1. The molecule has 0 unspecified atom stereocenters. The molecule has 1 saturated heterocycles. The van der Waals surface area contributed by atoms with Crippen LogP contribution in [-0.2, 0) is 11.3 Å². The summed E-state index contributed by atoms with van der Waals surface area (Å²) in [5, 5.41) is 1.16. The van der Waals surface area contributed by atoms with Crippen LogP contribution in [0.2, 0.25) is 0 Å². The number of para-hydroxylation sites is 1.